The molecule has 0 aliphatic rings. The molecule has 0 radical (unpaired) electrons. The van der Waals surface area contributed by atoms with E-state index in [9.17, 15) is 0 Å². The summed E-state index contributed by atoms with van der Waals surface area (Å²) in [6.45, 7) is 2.40. The van der Waals surface area contributed by atoms with Gasteiger partial charge in [-0.3, -0.25) is 0 Å². The Hall–Kier alpha value is -2.20. The van der Waals surface area contributed by atoms with Gasteiger partial charge in [-0.2, -0.15) is 10.2 Å². The zero-order valence-corrected chi connectivity index (χ0v) is 10.1. The molecule has 4 nitrogen and oxygen atoms in total. The lowest BCUT2D eigenvalue weighted by atomic mass is 10.0. The van der Waals surface area contributed by atoms with E-state index in [0.717, 1.165) is 33.4 Å². The monoisotopic (exact) mass is 239 g/mol. The maximum atomic E-state index is 5.72. The van der Waals surface area contributed by atoms with Crippen LogP contribution in [0.4, 0.5) is 0 Å². The molecule has 0 bridgehead atoms. The third-order valence-electron chi connectivity index (χ3n) is 2.98. The lowest BCUT2D eigenvalue weighted by molar-refractivity contribution is 0.578. The van der Waals surface area contributed by atoms with Crippen LogP contribution in [0.1, 0.15) is 11.3 Å². The fraction of sp³-hybridized carbons (Fsp3) is 0.143. The molecular weight excluding hydrogens is 226 g/mol. The van der Waals surface area contributed by atoms with Crippen LogP contribution in [-0.4, -0.2) is 10.2 Å². The summed E-state index contributed by atoms with van der Waals surface area (Å²) in [5.74, 6) is 0.911. The third kappa shape index (κ3) is 1.76. The van der Waals surface area contributed by atoms with Crippen molar-refractivity contribution in [2.24, 2.45) is 5.73 Å². The largest absolute Gasteiger partial charge is 0.461 e. The lowest BCUT2D eigenvalue weighted by Gasteiger charge is -2.05. The number of aromatic nitrogens is 2. The molecule has 0 aliphatic heterocycles. The summed E-state index contributed by atoms with van der Waals surface area (Å²) in [4.78, 5) is 0. The van der Waals surface area contributed by atoms with Crippen molar-refractivity contribution in [3.8, 4) is 11.1 Å². The van der Waals surface area contributed by atoms with Gasteiger partial charge >= 0.3 is 0 Å². The second-order valence-corrected chi connectivity index (χ2v) is 4.24. The van der Waals surface area contributed by atoms with E-state index in [1.165, 1.54) is 0 Å². The molecule has 0 aliphatic carbocycles. The fourth-order valence-electron chi connectivity index (χ4n) is 2.11. The van der Waals surface area contributed by atoms with Crippen LogP contribution >= 0.6 is 0 Å². The summed E-state index contributed by atoms with van der Waals surface area (Å²) in [7, 11) is 0. The zero-order valence-electron chi connectivity index (χ0n) is 10.1. The molecule has 0 amide bonds. The first kappa shape index (κ1) is 10.9. The Morgan fingerprint density at radius 1 is 1.17 bits per heavy atom. The SMILES string of the molecule is Cc1cc2cc(-c3cnncc3CN)ccc2o1. The average Bonchev–Trinajstić information content (AvgIpc) is 2.77. The second kappa shape index (κ2) is 4.23. The number of benzene rings is 1. The van der Waals surface area contributed by atoms with E-state index >= 15 is 0 Å². The van der Waals surface area contributed by atoms with Gasteiger partial charge in [0.05, 0.1) is 12.4 Å². The van der Waals surface area contributed by atoms with Crippen molar-refractivity contribution < 1.29 is 4.42 Å². The molecule has 0 fully saturated rings. The molecule has 0 atom stereocenters. The van der Waals surface area contributed by atoms with Gasteiger partial charge in [0.15, 0.2) is 0 Å². The van der Waals surface area contributed by atoms with E-state index in [1.807, 2.05) is 25.1 Å². The van der Waals surface area contributed by atoms with Crippen molar-refractivity contribution in [1.82, 2.24) is 10.2 Å². The van der Waals surface area contributed by atoms with Gasteiger partial charge in [-0.25, -0.2) is 0 Å². The van der Waals surface area contributed by atoms with E-state index in [1.54, 1.807) is 12.4 Å². The first-order valence-corrected chi connectivity index (χ1v) is 5.78. The quantitative estimate of drug-likeness (QED) is 0.746. The molecular formula is C14H13N3O. The van der Waals surface area contributed by atoms with Crippen LogP contribution in [0.3, 0.4) is 0 Å². The molecule has 3 rings (SSSR count). The standard InChI is InChI=1S/C14H13N3O/c1-9-4-11-5-10(2-3-14(11)18-9)13-8-17-16-7-12(13)6-15/h2-5,7-8H,6,15H2,1H3. The Labute approximate surface area is 104 Å². The predicted octanol–water partition coefficient (Wildman–Crippen LogP) is 2.66. The van der Waals surface area contributed by atoms with Gasteiger partial charge in [0.2, 0.25) is 0 Å². The van der Waals surface area contributed by atoms with E-state index < -0.39 is 0 Å². The van der Waals surface area contributed by atoms with Crippen molar-refractivity contribution in [2.45, 2.75) is 13.5 Å². The summed E-state index contributed by atoms with van der Waals surface area (Å²) < 4.78 is 5.56. The highest BCUT2D eigenvalue weighted by Crippen LogP contribution is 2.27. The Morgan fingerprint density at radius 2 is 2.00 bits per heavy atom. The van der Waals surface area contributed by atoms with Gasteiger partial charge in [0, 0.05) is 17.5 Å². The number of nitrogens with zero attached hydrogens (tertiary/aromatic N) is 2. The molecule has 18 heavy (non-hydrogen) atoms. The molecule has 0 saturated carbocycles. The number of rotatable bonds is 2. The number of hydrogen-bond acceptors (Lipinski definition) is 4. The molecule has 0 saturated heterocycles. The van der Waals surface area contributed by atoms with Crippen LogP contribution in [0, 0.1) is 6.92 Å². The zero-order chi connectivity index (χ0) is 12.5. The van der Waals surface area contributed by atoms with Crippen LogP contribution in [0.25, 0.3) is 22.1 Å². The minimum absolute atomic E-state index is 0.452. The highest BCUT2D eigenvalue weighted by molar-refractivity contribution is 5.84. The number of furan rings is 1. The molecule has 2 N–H and O–H groups in total. The van der Waals surface area contributed by atoms with Crippen molar-refractivity contribution >= 4 is 11.0 Å². The normalized spacial score (nSPS) is 11.0. The Balaban J connectivity index is 2.18. The highest BCUT2D eigenvalue weighted by Gasteiger charge is 2.07. The Kier molecular flexibility index (Phi) is 2.57. The van der Waals surface area contributed by atoms with E-state index in [-0.39, 0.29) is 0 Å². The van der Waals surface area contributed by atoms with Crippen molar-refractivity contribution in [2.75, 3.05) is 0 Å². The molecule has 0 unspecified atom stereocenters. The van der Waals surface area contributed by atoms with Gasteiger partial charge in [-0.1, -0.05) is 6.07 Å². The maximum Gasteiger partial charge on any atom is 0.134 e. The van der Waals surface area contributed by atoms with Crippen molar-refractivity contribution in [3.63, 3.8) is 0 Å². The molecule has 2 aromatic heterocycles. The summed E-state index contributed by atoms with van der Waals surface area (Å²) in [6, 6.07) is 8.09. The fourth-order valence-corrected chi connectivity index (χ4v) is 2.11. The summed E-state index contributed by atoms with van der Waals surface area (Å²) in [5, 5.41) is 8.87. The minimum atomic E-state index is 0.452. The molecule has 0 spiro atoms. The van der Waals surface area contributed by atoms with E-state index in [4.69, 9.17) is 10.2 Å². The lowest BCUT2D eigenvalue weighted by Crippen LogP contribution is -2.00. The van der Waals surface area contributed by atoms with E-state index in [0.29, 0.717) is 6.54 Å². The number of nitrogens with two attached hydrogens (primary N) is 1. The van der Waals surface area contributed by atoms with Gasteiger partial charge in [-0.15, -0.1) is 0 Å². The van der Waals surface area contributed by atoms with Crippen LogP contribution in [0.2, 0.25) is 0 Å². The number of hydrogen-bond donors (Lipinski definition) is 1. The van der Waals surface area contributed by atoms with Crippen molar-refractivity contribution in [1.29, 1.82) is 0 Å². The van der Waals surface area contributed by atoms with Crippen molar-refractivity contribution in [3.05, 3.63) is 48.0 Å². The smallest absolute Gasteiger partial charge is 0.134 e. The third-order valence-corrected chi connectivity index (χ3v) is 2.98. The average molecular weight is 239 g/mol. The van der Waals surface area contributed by atoms with Gasteiger partial charge < -0.3 is 10.2 Å². The molecule has 3 aromatic rings. The molecule has 4 heteroatoms. The summed E-state index contributed by atoms with van der Waals surface area (Å²) in [5.41, 5.74) is 9.71. The Bertz CT molecular complexity index is 703. The number of fused-ring (bicyclic) bond motifs is 1. The highest BCUT2D eigenvalue weighted by atomic mass is 16.3. The van der Waals surface area contributed by atoms with Crippen LogP contribution < -0.4 is 5.73 Å². The maximum absolute atomic E-state index is 5.72. The van der Waals surface area contributed by atoms with E-state index in [2.05, 4.69) is 16.3 Å². The van der Waals surface area contributed by atoms with Gasteiger partial charge in [0.25, 0.3) is 0 Å². The number of aryl methyl sites for hydroxylation is 1. The minimum Gasteiger partial charge on any atom is -0.461 e. The first-order valence-electron chi connectivity index (χ1n) is 5.78. The van der Waals surface area contributed by atoms with Crippen LogP contribution in [0.15, 0.2) is 41.1 Å². The molecule has 90 valence electrons. The van der Waals surface area contributed by atoms with Gasteiger partial charge in [0.1, 0.15) is 11.3 Å². The first-order chi connectivity index (χ1) is 8.78. The summed E-state index contributed by atoms with van der Waals surface area (Å²) >= 11 is 0. The summed E-state index contributed by atoms with van der Waals surface area (Å²) in [6.07, 6.45) is 3.45. The molecule has 1 aromatic carbocycles. The second-order valence-electron chi connectivity index (χ2n) is 4.24. The van der Waals surface area contributed by atoms with Gasteiger partial charge in [-0.05, 0) is 36.2 Å². The molecule has 2 heterocycles. The van der Waals surface area contributed by atoms with Crippen LogP contribution in [0.5, 0.6) is 0 Å². The topological polar surface area (TPSA) is 64.9 Å². The van der Waals surface area contributed by atoms with Crippen LogP contribution in [-0.2, 0) is 6.54 Å². The Morgan fingerprint density at radius 3 is 2.83 bits per heavy atom. The predicted molar refractivity (Wildman–Crippen MR) is 69.9 cm³/mol.